The van der Waals surface area contributed by atoms with Crippen molar-refractivity contribution >= 4 is 23.0 Å². The molecule has 4 heterocycles. The van der Waals surface area contributed by atoms with Gasteiger partial charge in [-0.25, -0.2) is 4.98 Å². The molecule has 1 saturated heterocycles. The van der Waals surface area contributed by atoms with Crippen LogP contribution in [0.4, 0.5) is 5.82 Å². The number of piperidine rings is 1. The lowest BCUT2D eigenvalue weighted by Crippen LogP contribution is -2.45. The zero-order valence-corrected chi connectivity index (χ0v) is 17.7. The first kappa shape index (κ1) is 20.2. The van der Waals surface area contributed by atoms with Crippen molar-refractivity contribution in [3.63, 3.8) is 0 Å². The normalized spacial score (nSPS) is 20.4. The van der Waals surface area contributed by atoms with Gasteiger partial charge in [0.2, 0.25) is 5.78 Å². The van der Waals surface area contributed by atoms with Gasteiger partial charge in [-0.05, 0) is 63.9 Å². The number of anilines is 1. The van der Waals surface area contributed by atoms with Gasteiger partial charge in [-0.3, -0.25) is 9.78 Å². The SMILES string of the molecule is C=C(c1ccc(C2=NOC(C)(C)C2=O)cn1)N(c1ncccc1C)[C@@H]1CCCNC1. The summed E-state index contributed by atoms with van der Waals surface area (Å²) in [5, 5.41) is 7.43. The number of carbonyl (C=O) groups is 1. The lowest BCUT2D eigenvalue weighted by molar-refractivity contribution is -0.128. The highest BCUT2D eigenvalue weighted by Crippen LogP contribution is 2.30. The predicted molar refractivity (Wildman–Crippen MR) is 117 cm³/mol. The van der Waals surface area contributed by atoms with Crippen molar-refractivity contribution < 1.29 is 9.63 Å². The highest BCUT2D eigenvalue weighted by atomic mass is 16.7. The minimum atomic E-state index is -0.932. The Morgan fingerprint density at radius 3 is 2.73 bits per heavy atom. The molecule has 2 aliphatic heterocycles. The van der Waals surface area contributed by atoms with Crippen molar-refractivity contribution in [2.75, 3.05) is 18.0 Å². The summed E-state index contributed by atoms with van der Waals surface area (Å²) >= 11 is 0. The monoisotopic (exact) mass is 405 g/mol. The van der Waals surface area contributed by atoms with Crippen molar-refractivity contribution in [2.45, 2.75) is 45.3 Å². The number of nitrogens with one attached hydrogen (secondary N) is 1. The summed E-state index contributed by atoms with van der Waals surface area (Å²) in [5.41, 5.74) is 2.62. The molecular formula is C23H27N5O2. The molecule has 0 radical (unpaired) electrons. The summed E-state index contributed by atoms with van der Waals surface area (Å²) in [6.45, 7) is 11.7. The second-order valence-electron chi connectivity index (χ2n) is 8.26. The largest absolute Gasteiger partial charge is 0.381 e. The Balaban J connectivity index is 1.63. The Labute approximate surface area is 176 Å². The molecule has 2 aliphatic rings. The van der Waals surface area contributed by atoms with Gasteiger partial charge in [0.15, 0.2) is 11.3 Å². The number of oxime groups is 1. The molecule has 0 aliphatic carbocycles. The zero-order chi connectivity index (χ0) is 21.3. The fraction of sp³-hybridized carbons (Fsp3) is 0.391. The van der Waals surface area contributed by atoms with E-state index in [1.807, 2.05) is 18.2 Å². The van der Waals surface area contributed by atoms with E-state index in [0.29, 0.717) is 11.3 Å². The number of aromatic nitrogens is 2. The van der Waals surface area contributed by atoms with Crippen LogP contribution in [-0.2, 0) is 9.63 Å². The van der Waals surface area contributed by atoms with Crippen LogP contribution in [0.1, 0.15) is 43.5 Å². The molecule has 2 aromatic heterocycles. The van der Waals surface area contributed by atoms with E-state index >= 15 is 0 Å². The van der Waals surface area contributed by atoms with Crippen LogP contribution in [0.3, 0.4) is 0 Å². The minimum Gasteiger partial charge on any atom is -0.381 e. The van der Waals surface area contributed by atoms with Gasteiger partial charge >= 0.3 is 0 Å². The van der Waals surface area contributed by atoms with E-state index in [4.69, 9.17) is 4.84 Å². The molecule has 4 rings (SSSR count). The Morgan fingerprint density at radius 1 is 1.30 bits per heavy atom. The van der Waals surface area contributed by atoms with Gasteiger partial charge in [-0.1, -0.05) is 17.8 Å². The third-order valence-corrected chi connectivity index (χ3v) is 5.60. The van der Waals surface area contributed by atoms with E-state index in [1.165, 1.54) is 0 Å². The third-order valence-electron chi connectivity index (χ3n) is 5.60. The van der Waals surface area contributed by atoms with Gasteiger partial charge in [-0.2, -0.15) is 0 Å². The highest BCUT2D eigenvalue weighted by Gasteiger charge is 2.40. The second kappa shape index (κ2) is 7.99. The topological polar surface area (TPSA) is 79.7 Å². The number of pyridine rings is 2. The molecule has 1 fully saturated rings. The van der Waals surface area contributed by atoms with Crippen molar-refractivity contribution in [3.8, 4) is 0 Å². The number of ketones is 1. The lowest BCUT2D eigenvalue weighted by atomic mass is 9.97. The first-order chi connectivity index (χ1) is 14.4. The fourth-order valence-corrected chi connectivity index (χ4v) is 3.84. The number of rotatable bonds is 5. The zero-order valence-electron chi connectivity index (χ0n) is 17.7. The quantitative estimate of drug-likeness (QED) is 0.823. The first-order valence-corrected chi connectivity index (χ1v) is 10.3. The molecule has 0 aromatic carbocycles. The summed E-state index contributed by atoms with van der Waals surface area (Å²) in [6, 6.07) is 7.96. The van der Waals surface area contributed by atoms with E-state index in [0.717, 1.165) is 48.7 Å². The summed E-state index contributed by atoms with van der Waals surface area (Å²) < 4.78 is 0. The van der Waals surface area contributed by atoms with Crippen LogP contribution in [0.25, 0.3) is 5.70 Å². The molecule has 1 atom stereocenters. The van der Waals surface area contributed by atoms with Crippen LogP contribution in [0, 0.1) is 6.92 Å². The number of aryl methyl sites for hydroxylation is 1. The highest BCUT2D eigenvalue weighted by molar-refractivity contribution is 6.49. The Bertz CT molecular complexity index is 991. The number of hydrogen-bond acceptors (Lipinski definition) is 7. The van der Waals surface area contributed by atoms with E-state index < -0.39 is 5.60 Å². The van der Waals surface area contributed by atoms with E-state index in [9.17, 15) is 4.79 Å². The van der Waals surface area contributed by atoms with E-state index in [2.05, 4.69) is 44.9 Å². The molecule has 30 heavy (non-hydrogen) atoms. The Morgan fingerprint density at radius 2 is 2.13 bits per heavy atom. The average Bonchev–Trinajstić information content (AvgIpc) is 3.03. The Hall–Kier alpha value is -3.06. The Kier molecular flexibility index (Phi) is 5.39. The molecule has 2 aromatic rings. The summed E-state index contributed by atoms with van der Waals surface area (Å²) in [6.07, 6.45) is 5.62. The van der Waals surface area contributed by atoms with Gasteiger partial charge in [0.1, 0.15) is 5.82 Å². The second-order valence-corrected chi connectivity index (χ2v) is 8.26. The number of Topliss-reactive ketones (excluding diaryl/α,β-unsaturated/α-hetero) is 1. The smallest absolute Gasteiger partial charge is 0.230 e. The van der Waals surface area contributed by atoms with Crippen molar-refractivity contribution in [1.29, 1.82) is 0 Å². The molecule has 156 valence electrons. The predicted octanol–water partition coefficient (Wildman–Crippen LogP) is 3.10. The molecule has 7 nitrogen and oxygen atoms in total. The molecule has 0 amide bonds. The van der Waals surface area contributed by atoms with Crippen molar-refractivity contribution in [1.82, 2.24) is 15.3 Å². The van der Waals surface area contributed by atoms with Crippen LogP contribution in [0.2, 0.25) is 0 Å². The number of hydrogen-bond donors (Lipinski definition) is 1. The maximum Gasteiger partial charge on any atom is 0.230 e. The van der Waals surface area contributed by atoms with Gasteiger partial charge < -0.3 is 15.1 Å². The molecule has 0 unspecified atom stereocenters. The molecule has 0 spiro atoms. The summed E-state index contributed by atoms with van der Waals surface area (Å²) in [5.74, 6) is 0.752. The molecular weight excluding hydrogens is 378 g/mol. The van der Waals surface area contributed by atoms with Crippen LogP contribution in [-0.4, -0.2) is 46.2 Å². The van der Waals surface area contributed by atoms with Crippen LogP contribution < -0.4 is 10.2 Å². The summed E-state index contributed by atoms with van der Waals surface area (Å²) in [7, 11) is 0. The van der Waals surface area contributed by atoms with Crippen LogP contribution >= 0.6 is 0 Å². The van der Waals surface area contributed by atoms with Crippen LogP contribution in [0.5, 0.6) is 0 Å². The van der Waals surface area contributed by atoms with Gasteiger partial charge in [-0.15, -0.1) is 0 Å². The van der Waals surface area contributed by atoms with Gasteiger partial charge in [0.25, 0.3) is 0 Å². The fourth-order valence-electron chi connectivity index (χ4n) is 3.84. The molecule has 0 bridgehead atoms. The first-order valence-electron chi connectivity index (χ1n) is 10.3. The number of carbonyl (C=O) groups excluding carboxylic acids is 1. The average molecular weight is 406 g/mol. The standard InChI is InChI=1S/C23H27N5O2/c1-15-7-5-12-25-22(15)28(18-8-6-11-24-14-18)16(2)19-10-9-17(13-26-19)20-21(29)23(3,4)30-27-20/h5,7,9-10,12-13,18,24H,2,6,8,11,14H2,1,3-4H3/t18-/m1/s1. The van der Waals surface area contributed by atoms with Gasteiger partial charge in [0.05, 0.1) is 11.4 Å². The maximum atomic E-state index is 12.5. The van der Waals surface area contributed by atoms with Gasteiger partial charge in [0, 0.05) is 30.5 Å². The number of nitrogens with zero attached hydrogens (tertiary/aromatic N) is 4. The maximum absolute atomic E-state index is 12.5. The molecule has 7 heteroatoms. The minimum absolute atomic E-state index is 0.144. The molecule has 0 saturated carbocycles. The lowest BCUT2D eigenvalue weighted by Gasteiger charge is -2.37. The third kappa shape index (κ3) is 3.73. The van der Waals surface area contributed by atoms with Crippen molar-refractivity contribution in [2.24, 2.45) is 5.16 Å². The van der Waals surface area contributed by atoms with E-state index in [1.54, 1.807) is 26.2 Å². The summed E-state index contributed by atoms with van der Waals surface area (Å²) in [4.78, 5) is 29.1. The van der Waals surface area contributed by atoms with E-state index in [-0.39, 0.29) is 11.8 Å². The molecule has 1 N–H and O–H groups in total. The van der Waals surface area contributed by atoms with Crippen molar-refractivity contribution in [3.05, 3.63) is 60.1 Å². The van der Waals surface area contributed by atoms with Crippen LogP contribution in [0.15, 0.2) is 48.4 Å².